The van der Waals surface area contributed by atoms with E-state index in [1.165, 1.54) is 0 Å². The molecule has 0 radical (unpaired) electrons. The van der Waals surface area contributed by atoms with Crippen LogP contribution in [0.4, 0.5) is 0 Å². The largest absolute Gasteiger partial charge is 0.288 e. The zero-order chi connectivity index (χ0) is 13.0. The van der Waals surface area contributed by atoms with Crippen molar-refractivity contribution < 1.29 is 0 Å². The van der Waals surface area contributed by atoms with Crippen LogP contribution in [0.15, 0.2) is 18.5 Å². The van der Waals surface area contributed by atoms with Crippen molar-refractivity contribution in [1.82, 2.24) is 19.5 Å². The molecule has 0 unspecified atom stereocenters. The lowest BCUT2D eigenvalue weighted by Crippen LogP contribution is -2.06. The highest BCUT2D eigenvalue weighted by atomic mass is 35.5. The number of imidazole rings is 1. The van der Waals surface area contributed by atoms with Gasteiger partial charge in [0.05, 0.1) is 0 Å². The van der Waals surface area contributed by atoms with Gasteiger partial charge in [-0.05, 0) is 12.8 Å². The Kier molecular flexibility index (Phi) is 4.31. The molecule has 0 saturated heterocycles. The minimum Gasteiger partial charge on any atom is -0.288 e. The Morgan fingerprint density at radius 1 is 1.17 bits per heavy atom. The molecule has 4 nitrogen and oxygen atoms in total. The van der Waals surface area contributed by atoms with Gasteiger partial charge in [-0.1, -0.05) is 25.4 Å². The van der Waals surface area contributed by atoms with Crippen LogP contribution in [0.2, 0.25) is 5.15 Å². The molecule has 2 heterocycles. The number of rotatable bonds is 5. The third kappa shape index (κ3) is 2.88. The summed E-state index contributed by atoms with van der Waals surface area (Å²) in [6.45, 7) is 4.23. The van der Waals surface area contributed by atoms with Gasteiger partial charge in [-0.2, -0.15) is 0 Å². The minimum absolute atomic E-state index is 0.486. The van der Waals surface area contributed by atoms with Crippen molar-refractivity contribution in [3.8, 4) is 5.82 Å². The van der Waals surface area contributed by atoms with E-state index in [0.29, 0.717) is 5.15 Å². The molecule has 2 aromatic rings. The molecule has 0 aliphatic heterocycles. The highest BCUT2D eigenvalue weighted by Crippen LogP contribution is 2.15. The fourth-order valence-electron chi connectivity index (χ4n) is 1.86. The lowest BCUT2D eigenvalue weighted by atomic mass is 10.3. The van der Waals surface area contributed by atoms with Gasteiger partial charge < -0.3 is 0 Å². The van der Waals surface area contributed by atoms with Crippen LogP contribution in [0.5, 0.6) is 0 Å². The first kappa shape index (κ1) is 13.0. The fourth-order valence-corrected chi connectivity index (χ4v) is 2.06. The maximum atomic E-state index is 6.05. The lowest BCUT2D eigenvalue weighted by Gasteiger charge is -2.08. The average molecular weight is 265 g/mol. The Balaban J connectivity index is 2.39. The number of aryl methyl sites for hydroxylation is 2. The second kappa shape index (κ2) is 5.96. The first-order valence-corrected chi connectivity index (χ1v) is 6.68. The molecule has 5 heteroatoms. The van der Waals surface area contributed by atoms with Crippen LogP contribution in [0.25, 0.3) is 5.82 Å². The van der Waals surface area contributed by atoms with Crippen molar-refractivity contribution in [3.05, 3.63) is 35.3 Å². The van der Waals surface area contributed by atoms with Crippen LogP contribution < -0.4 is 0 Å². The van der Waals surface area contributed by atoms with E-state index in [1.54, 1.807) is 12.3 Å². The minimum atomic E-state index is 0.486. The fraction of sp³-hybridized carbons (Fsp3) is 0.462. The summed E-state index contributed by atoms with van der Waals surface area (Å²) in [5.74, 6) is 2.60. The summed E-state index contributed by atoms with van der Waals surface area (Å²) in [6.07, 6.45) is 7.53. The van der Waals surface area contributed by atoms with Crippen molar-refractivity contribution in [1.29, 1.82) is 0 Å². The standard InChI is InChI=1S/C13H17ClN4/c1-3-5-11-16-10(14)9-13(17-11)18-8-7-15-12(18)6-4-2/h7-9H,3-6H2,1-2H3. The van der Waals surface area contributed by atoms with Gasteiger partial charge in [0.25, 0.3) is 0 Å². The van der Waals surface area contributed by atoms with E-state index in [2.05, 4.69) is 28.8 Å². The second-order valence-electron chi connectivity index (χ2n) is 4.18. The molecule has 0 fully saturated rings. The molecule has 0 bridgehead atoms. The highest BCUT2D eigenvalue weighted by Gasteiger charge is 2.08. The number of hydrogen-bond acceptors (Lipinski definition) is 3. The molecule has 0 aromatic carbocycles. The van der Waals surface area contributed by atoms with Crippen molar-refractivity contribution >= 4 is 11.6 Å². The van der Waals surface area contributed by atoms with Crippen LogP contribution in [0.1, 0.15) is 38.3 Å². The molecule has 18 heavy (non-hydrogen) atoms. The van der Waals surface area contributed by atoms with Gasteiger partial charge in [0.15, 0.2) is 0 Å². The van der Waals surface area contributed by atoms with E-state index < -0.39 is 0 Å². The number of nitrogens with zero attached hydrogens (tertiary/aromatic N) is 4. The van der Waals surface area contributed by atoms with Gasteiger partial charge in [0, 0.05) is 31.3 Å². The van der Waals surface area contributed by atoms with Crippen molar-refractivity contribution in [3.63, 3.8) is 0 Å². The molecule has 0 N–H and O–H groups in total. The quantitative estimate of drug-likeness (QED) is 0.779. The summed E-state index contributed by atoms with van der Waals surface area (Å²) in [5.41, 5.74) is 0. The number of hydrogen-bond donors (Lipinski definition) is 0. The van der Waals surface area contributed by atoms with Crippen molar-refractivity contribution in [2.75, 3.05) is 0 Å². The molecular formula is C13H17ClN4. The van der Waals surface area contributed by atoms with Crippen molar-refractivity contribution in [2.24, 2.45) is 0 Å². The average Bonchev–Trinajstić information content (AvgIpc) is 2.77. The maximum Gasteiger partial charge on any atom is 0.143 e. The monoisotopic (exact) mass is 264 g/mol. The Labute approximate surface area is 112 Å². The third-order valence-electron chi connectivity index (χ3n) is 2.64. The number of halogens is 1. The topological polar surface area (TPSA) is 43.6 Å². The summed E-state index contributed by atoms with van der Waals surface area (Å²) >= 11 is 6.05. The van der Waals surface area contributed by atoms with Gasteiger partial charge in [-0.25, -0.2) is 15.0 Å². The van der Waals surface area contributed by atoms with E-state index in [0.717, 1.165) is 43.1 Å². The third-order valence-corrected chi connectivity index (χ3v) is 2.83. The summed E-state index contributed by atoms with van der Waals surface area (Å²) in [6, 6.07) is 1.78. The van der Waals surface area contributed by atoms with E-state index in [4.69, 9.17) is 11.6 Å². The molecular weight excluding hydrogens is 248 g/mol. The predicted octanol–water partition coefficient (Wildman–Crippen LogP) is 3.22. The Hall–Kier alpha value is -1.42. The Morgan fingerprint density at radius 2 is 1.94 bits per heavy atom. The van der Waals surface area contributed by atoms with Crippen LogP contribution in [-0.4, -0.2) is 19.5 Å². The first-order valence-electron chi connectivity index (χ1n) is 6.30. The zero-order valence-corrected chi connectivity index (χ0v) is 11.5. The molecule has 0 spiro atoms. The van der Waals surface area contributed by atoms with E-state index >= 15 is 0 Å². The molecule has 2 rings (SSSR count). The zero-order valence-electron chi connectivity index (χ0n) is 10.7. The molecule has 0 atom stereocenters. The molecule has 0 amide bonds. The first-order chi connectivity index (χ1) is 8.74. The second-order valence-corrected chi connectivity index (χ2v) is 4.57. The molecule has 2 aromatic heterocycles. The normalized spacial score (nSPS) is 10.8. The summed E-state index contributed by atoms with van der Waals surface area (Å²) in [7, 11) is 0. The van der Waals surface area contributed by atoms with E-state index in [9.17, 15) is 0 Å². The molecule has 0 aliphatic rings. The maximum absolute atomic E-state index is 6.05. The lowest BCUT2D eigenvalue weighted by molar-refractivity contribution is 0.775. The van der Waals surface area contributed by atoms with Crippen LogP contribution in [0.3, 0.4) is 0 Å². The summed E-state index contributed by atoms with van der Waals surface area (Å²) < 4.78 is 1.98. The summed E-state index contributed by atoms with van der Waals surface area (Å²) in [4.78, 5) is 13.1. The molecule has 0 aliphatic carbocycles. The summed E-state index contributed by atoms with van der Waals surface area (Å²) in [5, 5.41) is 0.486. The highest BCUT2D eigenvalue weighted by molar-refractivity contribution is 6.29. The van der Waals surface area contributed by atoms with E-state index in [1.807, 2.05) is 10.8 Å². The van der Waals surface area contributed by atoms with Gasteiger partial charge in [0.2, 0.25) is 0 Å². The molecule has 96 valence electrons. The predicted molar refractivity (Wildman–Crippen MR) is 72.2 cm³/mol. The van der Waals surface area contributed by atoms with Crippen LogP contribution in [-0.2, 0) is 12.8 Å². The Bertz CT molecular complexity index is 521. The van der Waals surface area contributed by atoms with E-state index in [-0.39, 0.29) is 0 Å². The van der Waals surface area contributed by atoms with Crippen molar-refractivity contribution in [2.45, 2.75) is 39.5 Å². The van der Waals surface area contributed by atoms with Gasteiger partial charge in [0.1, 0.15) is 22.6 Å². The van der Waals surface area contributed by atoms with Gasteiger partial charge in [-0.15, -0.1) is 0 Å². The van der Waals surface area contributed by atoms with Crippen LogP contribution >= 0.6 is 11.6 Å². The van der Waals surface area contributed by atoms with Crippen LogP contribution in [0, 0.1) is 0 Å². The van der Waals surface area contributed by atoms with Gasteiger partial charge in [-0.3, -0.25) is 4.57 Å². The smallest absolute Gasteiger partial charge is 0.143 e. The van der Waals surface area contributed by atoms with Gasteiger partial charge >= 0.3 is 0 Å². The molecule has 0 saturated carbocycles. The SMILES string of the molecule is CCCc1nc(Cl)cc(-n2ccnc2CCC)n1. The number of aromatic nitrogens is 4. The Morgan fingerprint density at radius 3 is 2.67 bits per heavy atom.